The molecule has 0 unspecified atom stereocenters. The third kappa shape index (κ3) is 13.0. The predicted molar refractivity (Wildman–Crippen MR) is 342 cm³/mol. The molecule has 8 heterocycles. The molecule has 4 aromatic heterocycles. The summed E-state index contributed by atoms with van der Waals surface area (Å²) in [5.74, 6) is -3.34. The Balaban J connectivity index is 0.000000178. The van der Waals surface area contributed by atoms with Crippen molar-refractivity contribution in [2.75, 3.05) is 67.5 Å². The van der Waals surface area contributed by atoms with Crippen LogP contribution < -0.4 is 26.2 Å². The monoisotopic (exact) mass is 1240 g/mol. The molecule has 5 aromatic carbocycles. The smallest absolute Gasteiger partial charge is 0.335 e. The van der Waals surface area contributed by atoms with E-state index in [1.54, 1.807) is 30.3 Å². The first-order valence-corrected chi connectivity index (χ1v) is 31.1. The number of halogens is 5. The number of piperidine rings is 4. The second-order valence-electron chi connectivity index (χ2n) is 24.6. The fourth-order valence-corrected chi connectivity index (χ4v) is 13.2. The van der Waals surface area contributed by atoms with Gasteiger partial charge in [0.1, 0.15) is 40.5 Å². The molecular weight excluding hydrogens is 1170 g/mol. The summed E-state index contributed by atoms with van der Waals surface area (Å²) in [7, 11) is 0. The summed E-state index contributed by atoms with van der Waals surface area (Å²) >= 11 is 0. The van der Waals surface area contributed by atoms with Crippen molar-refractivity contribution >= 4 is 51.5 Å². The Morgan fingerprint density at radius 3 is 1.29 bits per heavy atom. The number of likely N-dealkylation sites (tertiary alicyclic amines) is 2. The number of benzene rings is 5. The lowest BCUT2D eigenvalue weighted by molar-refractivity contribution is 0.0696. The van der Waals surface area contributed by atoms with E-state index in [1.165, 1.54) is 92.4 Å². The van der Waals surface area contributed by atoms with Crippen LogP contribution in [0.2, 0.25) is 0 Å². The molecule has 0 radical (unpaired) electrons. The summed E-state index contributed by atoms with van der Waals surface area (Å²) in [5.41, 5.74) is 2.13. The maximum atomic E-state index is 15.3. The van der Waals surface area contributed by atoms with Crippen molar-refractivity contribution in [2.45, 2.75) is 91.1 Å². The summed E-state index contributed by atoms with van der Waals surface area (Å²) in [6, 6.07) is 28.7. The highest BCUT2D eigenvalue weighted by Gasteiger charge is 2.32. The maximum Gasteiger partial charge on any atom is 0.335 e. The Morgan fingerprint density at radius 1 is 0.484 bits per heavy atom. The molecule has 4 fully saturated rings. The third-order valence-electron chi connectivity index (χ3n) is 18.6. The van der Waals surface area contributed by atoms with Gasteiger partial charge in [-0.05, 0) is 199 Å². The maximum absolute atomic E-state index is 15.3. The van der Waals surface area contributed by atoms with Gasteiger partial charge in [0.25, 0.3) is 17.0 Å². The lowest BCUT2D eigenvalue weighted by atomic mass is 9.95. The van der Waals surface area contributed by atoms with Crippen LogP contribution in [0.15, 0.2) is 131 Å². The predicted octanol–water partition coefficient (Wildman–Crippen LogP) is 12.6. The van der Waals surface area contributed by atoms with Crippen LogP contribution in [0.5, 0.6) is 0 Å². The lowest BCUT2D eigenvalue weighted by Gasteiger charge is -2.41. The van der Waals surface area contributed by atoms with E-state index in [0.29, 0.717) is 94.7 Å². The number of carboxylic acid groups (broad SMARTS) is 1. The van der Waals surface area contributed by atoms with Crippen LogP contribution in [0.4, 0.5) is 39.5 Å². The molecule has 9 aromatic rings. The first-order valence-electron chi connectivity index (χ1n) is 31.1. The lowest BCUT2D eigenvalue weighted by Crippen LogP contribution is -2.48. The molecule has 0 bridgehead atoms. The van der Waals surface area contributed by atoms with E-state index >= 15 is 17.6 Å². The van der Waals surface area contributed by atoms with Gasteiger partial charge in [-0.2, -0.15) is 9.97 Å². The number of carbonyl (C=O) groups excluding carboxylic acids is 1. The molecule has 0 aliphatic carbocycles. The number of hydrogen-bond acceptors (Lipinski definition) is 12. The number of aromatic carboxylic acids is 1. The Morgan fingerprint density at radius 2 is 0.879 bits per heavy atom. The fraction of sp³-hybridized carbons (Fsp3) is 0.343. The van der Waals surface area contributed by atoms with Crippen LogP contribution in [0.1, 0.15) is 97.1 Å². The molecule has 0 saturated carbocycles. The summed E-state index contributed by atoms with van der Waals surface area (Å²) in [4.78, 5) is 80.5. The highest BCUT2D eigenvalue weighted by atomic mass is 19.1. The van der Waals surface area contributed by atoms with Gasteiger partial charge < -0.3 is 30.0 Å². The average molecular weight is 1240 g/mol. The number of nitrogens with zero attached hydrogens (tertiary/aromatic N) is 10. The number of hydrogen-bond donors (Lipinski definition) is 2. The van der Waals surface area contributed by atoms with Crippen LogP contribution >= 0.6 is 0 Å². The Hall–Kier alpha value is -9.21. The molecular formula is C70H70F5N11O5. The van der Waals surface area contributed by atoms with E-state index in [1.807, 2.05) is 18.7 Å². The summed E-state index contributed by atoms with van der Waals surface area (Å²) < 4.78 is 76.0. The number of carbonyl (C=O) groups is 2. The van der Waals surface area contributed by atoms with Gasteiger partial charge in [-0.3, -0.25) is 23.5 Å². The van der Waals surface area contributed by atoms with Gasteiger partial charge in [-0.1, -0.05) is 38.1 Å². The number of fused-ring (bicyclic) bond motifs is 2. The molecule has 470 valence electrons. The van der Waals surface area contributed by atoms with Gasteiger partial charge >= 0.3 is 5.97 Å². The normalized spacial score (nSPS) is 16.7. The van der Waals surface area contributed by atoms with E-state index in [-0.39, 0.29) is 16.9 Å². The minimum Gasteiger partial charge on any atom is -0.478 e. The van der Waals surface area contributed by atoms with E-state index < -0.39 is 63.5 Å². The topological polar surface area (TPSA) is 175 Å². The van der Waals surface area contributed by atoms with E-state index in [9.17, 15) is 28.7 Å². The molecule has 4 aliphatic heterocycles. The van der Waals surface area contributed by atoms with Crippen molar-refractivity contribution in [2.24, 2.45) is 11.8 Å². The fourth-order valence-electron chi connectivity index (χ4n) is 13.2. The van der Waals surface area contributed by atoms with Gasteiger partial charge in [-0.25, -0.2) is 36.7 Å². The van der Waals surface area contributed by atoms with Crippen molar-refractivity contribution < 1.29 is 36.6 Å². The van der Waals surface area contributed by atoms with E-state index in [4.69, 9.17) is 19.9 Å². The van der Waals surface area contributed by atoms with Crippen molar-refractivity contribution in [1.82, 2.24) is 38.9 Å². The van der Waals surface area contributed by atoms with Crippen molar-refractivity contribution in [3.8, 4) is 33.9 Å². The summed E-state index contributed by atoms with van der Waals surface area (Å²) in [6.07, 6.45) is 8.46. The number of pyridine rings is 2. The van der Waals surface area contributed by atoms with Crippen LogP contribution in [0, 0.1) is 54.8 Å². The van der Waals surface area contributed by atoms with Gasteiger partial charge in [0, 0.05) is 83.5 Å². The van der Waals surface area contributed by atoms with Crippen LogP contribution in [-0.2, 0) is 0 Å². The Kier molecular flexibility index (Phi) is 17.9. The minimum atomic E-state index is -1.09. The highest BCUT2D eigenvalue weighted by molar-refractivity contribution is 6.06. The zero-order valence-corrected chi connectivity index (χ0v) is 51.1. The summed E-state index contributed by atoms with van der Waals surface area (Å²) in [6.45, 7) is 15.4. The standard InChI is InChI=1S/C38H37F3N6O2.C32H33F2N5O3/c1-23-14-18-45(19-15-23)28-16-20-46(21-17-28)38-43-34(29-12-13-33(48)47(36(29)44-38)35-31(40)4-3-5-32(35)41)30-22-25(7-6-24(30)2)37(49)42-27-10-8-26(39)9-11-27;1-19-10-14-37(15-11-19)22-12-16-38(17-13-22)32-35-28(24-18-21(31(41)42)7-6-20(24)2)23-8-9-27(40)39(30(23)36-32)29-25(33)4-3-5-26(29)34/h3-13,22-23,28H,14-21H2,1-2H3,(H,42,49);3-9,18-19,22H,10-17H2,1-2H3,(H,41,42). The van der Waals surface area contributed by atoms with Gasteiger partial charge in [0.05, 0.1) is 17.0 Å². The van der Waals surface area contributed by atoms with Gasteiger partial charge in [0.2, 0.25) is 11.9 Å². The SMILES string of the molecule is Cc1ccc(C(=O)Nc2ccc(F)cc2)cc1-c1nc(N2CCC(N3CCC(C)CC3)CC2)nc2c1ccc(=O)n2-c1c(F)cccc1F.Cc1ccc(C(=O)O)cc1-c1nc(N2CCC(N3CCC(C)CC3)CC2)nc2c1ccc(=O)n2-c1c(F)cccc1F. The number of carboxylic acids is 1. The summed E-state index contributed by atoms with van der Waals surface area (Å²) in [5, 5.41) is 13.2. The molecule has 0 spiro atoms. The Labute approximate surface area is 522 Å². The zero-order chi connectivity index (χ0) is 63.8. The third-order valence-corrected chi connectivity index (χ3v) is 18.6. The largest absolute Gasteiger partial charge is 0.478 e. The van der Waals surface area contributed by atoms with Crippen molar-refractivity contribution in [3.63, 3.8) is 0 Å². The molecule has 1 amide bonds. The number of anilines is 3. The quantitative estimate of drug-likeness (QED) is 0.117. The average Bonchev–Trinajstić information content (AvgIpc) is 0.782. The molecule has 4 aliphatic rings. The Bertz CT molecular complexity index is 4320. The highest BCUT2D eigenvalue weighted by Crippen LogP contribution is 2.37. The van der Waals surface area contributed by atoms with Crippen molar-refractivity contribution in [1.29, 1.82) is 0 Å². The molecule has 16 nitrogen and oxygen atoms in total. The van der Waals surface area contributed by atoms with E-state index in [2.05, 4.69) is 33.9 Å². The molecule has 91 heavy (non-hydrogen) atoms. The number of amides is 1. The van der Waals surface area contributed by atoms with Crippen LogP contribution in [-0.4, -0.2) is 120 Å². The van der Waals surface area contributed by atoms with Crippen LogP contribution in [0.25, 0.3) is 56.0 Å². The molecule has 13 rings (SSSR count). The second kappa shape index (κ2) is 26.3. The van der Waals surface area contributed by atoms with Gasteiger partial charge in [0.15, 0.2) is 11.3 Å². The molecule has 21 heteroatoms. The molecule has 4 saturated heterocycles. The number of rotatable bonds is 11. The van der Waals surface area contributed by atoms with Crippen LogP contribution in [0.3, 0.4) is 0 Å². The number of para-hydroxylation sites is 2. The first kappa shape index (κ1) is 62.0. The zero-order valence-electron chi connectivity index (χ0n) is 51.1. The molecule has 2 N–H and O–H groups in total. The first-order chi connectivity index (χ1) is 43.9. The second-order valence-corrected chi connectivity index (χ2v) is 24.6. The number of aromatic nitrogens is 6. The van der Waals surface area contributed by atoms with Gasteiger partial charge in [-0.15, -0.1) is 0 Å². The molecule has 0 atom stereocenters. The van der Waals surface area contributed by atoms with E-state index in [0.717, 1.165) is 108 Å². The van der Waals surface area contributed by atoms with Crippen molar-refractivity contribution in [3.05, 3.63) is 193 Å². The minimum absolute atomic E-state index is 0.0544. The number of nitrogens with one attached hydrogen (secondary N) is 1. The number of aryl methyl sites for hydroxylation is 2.